The SMILES string of the molecule is C#CCCCNCCc1ccc(Br)s1. The largest absolute Gasteiger partial charge is 0.316 e. The van der Waals surface area contributed by atoms with Crippen LogP contribution in [0.15, 0.2) is 15.9 Å². The molecule has 0 aliphatic heterocycles. The number of terminal acetylenes is 1. The molecule has 0 radical (unpaired) electrons. The fourth-order valence-electron chi connectivity index (χ4n) is 1.14. The van der Waals surface area contributed by atoms with Crippen molar-refractivity contribution < 1.29 is 0 Å². The molecule has 0 bridgehead atoms. The molecule has 1 heterocycles. The summed E-state index contributed by atoms with van der Waals surface area (Å²) in [6, 6.07) is 4.26. The van der Waals surface area contributed by atoms with Crippen LogP contribution >= 0.6 is 27.3 Å². The molecule has 1 nitrogen and oxygen atoms in total. The lowest BCUT2D eigenvalue weighted by Gasteiger charge is -2.00. The number of halogens is 1. The molecule has 14 heavy (non-hydrogen) atoms. The van der Waals surface area contributed by atoms with Crippen molar-refractivity contribution >= 4 is 27.3 Å². The van der Waals surface area contributed by atoms with Gasteiger partial charge in [0.05, 0.1) is 3.79 Å². The molecule has 0 aliphatic carbocycles. The van der Waals surface area contributed by atoms with Crippen molar-refractivity contribution in [1.29, 1.82) is 0 Å². The van der Waals surface area contributed by atoms with E-state index in [1.807, 2.05) is 0 Å². The van der Waals surface area contributed by atoms with E-state index in [0.29, 0.717) is 0 Å². The molecule has 3 heteroatoms. The van der Waals surface area contributed by atoms with Crippen molar-refractivity contribution in [2.24, 2.45) is 0 Å². The molecule has 0 atom stereocenters. The van der Waals surface area contributed by atoms with E-state index in [4.69, 9.17) is 6.42 Å². The van der Waals surface area contributed by atoms with Crippen LogP contribution in [0.4, 0.5) is 0 Å². The van der Waals surface area contributed by atoms with E-state index in [-0.39, 0.29) is 0 Å². The Hall–Kier alpha value is -0.300. The topological polar surface area (TPSA) is 12.0 Å². The van der Waals surface area contributed by atoms with Crippen LogP contribution in [0, 0.1) is 12.3 Å². The van der Waals surface area contributed by atoms with E-state index >= 15 is 0 Å². The Morgan fingerprint density at radius 1 is 1.43 bits per heavy atom. The van der Waals surface area contributed by atoms with Gasteiger partial charge in [-0.25, -0.2) is 0 Å². The third kappa shape index (κ3) is 4.80. The molecular formula is C11H14BrNS. The molecule has 0 fully saturated rings. The number of hydrogen-bond donors (Lipinski definition) is 1. The highest BCUT2D eigenvalue weighted by Gasteiger charge is 1.96. The van der Waals surface area contributed by atoms with Gasteiger partial charge < -0.3 is 5.32 Å². The number of unbranched alkanes of at least 4 members (excludes halogenated alkanes) is 1. The van der Waals surface area contributed by atoms with Crippen LogP contribution in [0.1, 0.15) is 17.7 Å². The minimum Gasteiger partial charge on any atom is -0.316 e. The Morgan fingerprint density at radius 3 is 2.93 bits per heavy atom. The van der Waals surface area contributed by atoms with Crippen molar-refractivity contribution in [2.45, 2.75) is 19.3 Å². The van der Waals surface area contributed by atoms with Gasteiger partial charge in [0.2, 0.25) is 0 Å². The van der Waals surface area contributed by atoms with Gasteiger partial charge >= 0.3 is 0 Å². The van der Waals surface area contributed by atoms with Crippen LogP contribution < -0.4 is 5.32 Å². The zero-order chi connectivity index (χ0) is 10.2. The molecule has 1 aromatic rings. The average Bonchev–Trinajstić information content (AvgIpc) is 2.58. The first-order valence-electron chi connectivity index (χ1n) is 4.71. The van der Waals surface area contributed by atoms with Crippen molar-refractivity contribution in [3.8, 4) is 12.3 Å². The van der Waals surface area contributed by atoms with Crippen molar-refractivity contribution in [3.05, 3.63) is 20.8 Å². The van der Waals surface area contributed by atoms with Crippen molar-refractivity contribution in [3.63, 3.8) is 0 Å². The highest BCUT2D eigenvalue weighted by atomic mass is 79.9. The van der Waals surface area contributed by atoms with Gasteiger partial charge in [0, 0.05) is 11.3 Å². The summed E-state index contributed by atoms with van der Waals surface area (Å²) in [6.45, 7) is 2.06. The fraction of sp³-hybridized carbons (Fsp3) is 0.455. The molecule has 0 aromatic carbocycles. The van der Waals surface area contributed by atoms with Gasteiger partial charge in [0.25, 0.3) is 0 Å². The molecule has 76 valence electrons. The summed E-state index contributed by atoms with van der Waals surface area (Å²) < 4.78 is 1.21. The monoisotopic (exact) mass is 271 g/mol. The summed E-state index contributed by atoms with van der Waals surface area (Å²) in [5, 5.41) is 3.37. The number of rotatable bonds is 6. The molecule has 0 unspecified atom stereocenters. The van der Waals surface area contributed by atoms with Crippen LogP contribution in [-0.4, -0.2) is 13.1 Å². The van der Waals surface area contributed by atoms with E-state index < -0.39 is 0 Å². The van der Waals surface area contributed by atoms with Crippen molar-refractivity contribution in [2.75, 3.05) is 13.1 Å². The molecule has 0 amide bonds. The molecule has 0 aliphatic rings. The first-order chi connectivity index (χ1) is 6.83. The quantitative estimate of drug-likeness (QED) is 0.620. The van der Waals surface area contributed by atoms with Gasteiger partial charge in [0.15, 0.2) is 0 Å². The summed E-state index contributed by atoms with van der Waals surface area (Å²) in [7, 11) is 0. The van der Waals surface area contributed by atoms with Crippen LogP contribution in [-0.2, 0) is 6.42 Å². The van der Waals surface area contributed by atoms with E-state index in [2.05, 4.69) is 39.3 Å². The van der Waals surface area contributed by atoms with Gasteiger partial charge in [-0.1, -0.05) is 0 Å². The van der Waals surface area contributed by atoms with Gasteiger partial charge in [-0.15, -0.1) is 23.7 Å². The average molecular weight is 272 g/mol. The van der Waals surface area contributed by atoms with Crippen LogP contribution in [0.5, 0.6) is 0 Å². The van der Waals surface area contributed by atoms with Crippen molar-refractivity contribution in [1.82, 2.24) is 5.32 Å². The lowest BCUT2D eigenvalue weighted by atomic mass is 10.3. The molecule has 0 saturated heterocycles. The summed E-state index contributed by atoms with van der Waals surface area (Å²) in [5.74, 6) is 2.64. The Bertz CT molecular complexity index is 300. The molecular weight excluding hydrogens is 258 g/mol. The van der Waals surface area contributed by atoms with E-state index in [1.165, 1.54) is 8.66 Å². The molecule has 0 spiro atoms. The predicted molar refractivity (Wildman–Crippen MR) is 66.7 cm³/mol. The second-order valence-corrected chi connectivity index (χ2v) is 5.56. The fourth-order valence-corrected chi connectivity index (χ4v) is 2.62. The highest BCUT2D eigenvalue weighted by Crippen LogP contribution is 2.21. The molecule has 1 N–H and O–H groups in total. The van der Waals surface area contributed by atoms with E-state index in [1.54, 1.807) is 11.3 Å². The van der Waals surface area contributed by atoms with Gasteiger partial charge in [-0.3, -0.25) is 0 Å². The summed E-state index contributed by atoms with van der Waals surface area (Å²) in [5.41, 5.74) is 0. The maximum atomic E-state index is 5.16. The van der Waals surface area contributed by atoms with Crippen LogP contribution in [0.25, 0.3) is 0 Å². The highest BCUT2D eigenvalue weighted by molar-refractivity contribution is 9.11. The first kappa shape index (κ1) is 11.8. The zero-order valence-electron chi connectivity index (χ0n) is 8.05. The second kappa shape index (κ2) is 7.05. The Labute approximate surface area is 98.0 Å². The van der Waals surface area contributed by atoms with E-state index in [9.17, 15) is 0 Å². The lowest BCUT2D eigenvalue weighted by molar-refractivity contribution is 0.659. The Morgan fingerprint density at radius 2 is 2.29 bits per heavy atom. The minimum absolute atomic E-state index is 0.873. The number of hydrogen-bond acceptors (Lipinski definition) is 2. The number of thiophene rings is 1. The molecule has 0 saturated carbocycles. The smallest absolute Gasteiger partial charge is 0.0701 e. The van der Waals surface area contributed by atoms with Crippen LogP contribution in [0.2, 0.25) is 0 Å². The van der Waals surface area contributed by atoms with Gasteiger partial charge in [-0.05, 0) is 54.0 Å². The Balaban J connectivity index is 2.02. The normalized spacial score (nSPS) is 10.0. The Kier molecular flexibility index (Phi) is 5.93. The maximum Gasteiger partial charge on any atom is 0.0701 e. The zero-order valence-corrected chi connectivity index (χ0v) is 10.5. The third-order valence-corrected chi connectivity index (χ3v) is 3.54. The third-order valence-electron chi connectivity index (χ3n) is 1.85. The van der Waals surface area contributed by atoms with Gasteiger partial charge in [-0.2, -0.15) is 0 Å². The molecule has 1 rings (SSSR count). The molecule has 1 aromatic heterocycles. The van der Waals surface area contributed by atoms with E-state index in [0.717, 1.165) is 32.4 Å². The van der Waals surface area contributed by atoms with Gasteiger partial charge in [0.1, 0.15) is 0 Å². The minimum atomic E-state index is 0.873. The lowest BCUT2D eigenvalue weighted by Crippen LogP contribution is -2.17. The summed E-state index contributed by atoms with van der Waals surface area (Å²) >= 11 is 5.25. The van der Waals surface area contributed by atoms with Crippen LogP contribution in [0.3, 0.4) is 0 Å². The first-order valence-corrected chi connectivity index (χ1v) is 6.32. The second-order valence-electron chi connectivity index (χ2n) is 3.01. The predicted octanol–water partition coefficient (Wildman–Crippen LogP) is 3.06. The maximum absolute atomic E-state index is 5.16. The summed E-state index contributed by atoms with van der Waals surface area (Å²) in [6.07, 6.45) is 8.21. The standard InChI is InChI=1S/C11H14BrNS/c1-2-3-4-8-13-9-7-10-5-6-11(12)14-10/h1,5-6,13H,3-4,7-9H2. The number of nitrogens with one attached hydrogen (secondary N) is 1. The summed E-state index contributed by atoms with van der Waals surface area (Å²) in [4.78, 5) is 1.42.